The molecule has 0 bridgehead atoms. The van der Waals surface area contributed by atoms with Crippen LogP contribution in [0.3, 0.4) is 0 Å². The molecule has 1 fully saturated rings. The van der Waals surface area contributed by atoms with Crippen LogP contribution in [0.15, 0.2) is 24.7 Å². The average molecular weight is 456 g/mol. The van der Waals surface area contributed by atoms with Gasteiger partial charge in [0.15, 0.2) is 0 Å². The fourth-order valence-electron chi connectivity index (χ4n) is 3.90. The van der Waals surface area contributed by atoms with E-state index in [1.165, 1.54) is 28.2 Å². The Morgan fingerprint density at radius 1 is 1.23 bits per heavy atom. The van der Waals surface area contributed by atoms with Crippen LogP contribution in [0.25, 0.3) is 0 Å². The molecule has 2 aromatic heterocycles. The third kappa shape index (κ3) is 4.21. The van der Waals surface area contributed by atoms with Crippen molar-refractivity contribution in [3.8, 4) is 0 Å². The van der Waals surface area contributed by atoms with E-state index in [1.54, 1.807) is 36.5 Å². The molecule has 10 heteroatoms. The molecule has 1 amide bonds. The number of nitrogens with zero attached hydrogens (tertiary/aromatic N) is 5. The van der Waals surface area contributed by atoms with Crippen molar-refractivity contribution >= 4 is 35.1 Å². The number of carbonyl (C=O) groups is 1. The van der Waals surface area contributed by atoms with Gasteiger partial charge in [-0.15, -0.1) is 23.5 Å². The predicted octanol–water partition coefficient (Wildman–Crippen LogP) is 4.99. The molecule has 1 aliphatic rings. The first-order valence-corrected chi connectivity index (χ1v) is 12.3. The molecule has 3 rings (SSSR count). The van der Waals surface area contributed by atoms with Crippen LogP contribution in [0.2, 0.25) is 0 Å². The van der Waals surface area contributed by atoms with E-state index in [0.29, 0.717) is 25.1 Å². The van der Waals surface area contributed by atoms with E-state index < -0.39 is 17.9 Å². The van der Waals surface area contributed by atoms with E-state index in [9.17, 15) is 13.6 Å². The minimum atomic E-state index is -2.81. The molecule has 0 saturated carbocycles. The second kappa shape index (κ2) is 10.1. The third-order valence-electron chi connectivity index (χ3n) is 5.60. The van der Waals surface area contributed by atoms with Crippen LogP contribution in [0.5, 0.6) is 0 Å². The molecule has 0 aromatic carbocycles. The highest BCUT2D eigenvalue weighted by Crippen LogP contribution is 2.47. The van der Waals surface area contributed by atoms with Crippen LogP contribution in [0.1, 0.15) is 62.5 Å². The number of aromatic nitrogens is 4. The highest BCUT2D eigenvalue weighted by molar-refractivity contribution is 8.17. The minimum Gasteiger partial charge on any atom is -0.307 e. The van der Waals surface area contributed by atoms with Gasteiger partial charge in [0.25, 0.3) is 12.3 Å². The van der Waals surface area contributed by atoms with E-state index in [2.05, 4.69) is 15.3 Å². The highest BCUT2D eigenvalue weighted by Gasteiger charge is 2.44. The summed E-state index contributed by atoms with van der Waals surface area (Å²) in [4.78, 5) is 14.7. The lowest BCUT2D eigenvalue weighted by Crippen LogP contribution is -2.44. The summed E-state index contributed by atoms with van der Waals surface area (Å²) in [5, 5.41) is 11.9. The SMILES string of the molecule is CCN(C(=O)c1cnn(C(CC)(CC)C2SCCCS2)c1C(F)F)c1ccnnc1. The van der Waals surface area contributed by atoms with Gasteiger partial charge in [-0.1, -0.05) is 13.8 Å². The Hall–Kier alpha value is -1.68. The maximum Gasteiger partial charge on any atom is 0.280 e. The van der Waals surface area contributed by atoms with Gasteiger partial charge in [-0.25, -0.2) is 8.78 Å². The van der Waals surface area contributed by atoms with E-state index in [4.69, 9.17) is 0 Å². The number of amides is 1. The Morgan fingerprint density at radius 2 is 1.93 bits per heavy atom. The van der Waals surface area contributed by atoms with Gasteiger partial charge >= 0.3 is 0 Å². The number of hydrogen-bond acceptors (Lipinski definition) is 6. The summed E-state index contributed by atoms with van der Waals surface area (Å²) >= 11 is 3.61. The fourth-order valence-corrected chi connectivity index (χ4v) is 7.58. The van der Waals surface area contributed by atoms with E-state index in [0.717, 1.165) is 17.9 Å². The van der Waals surface area contributed by atoms with Gasteiger partial charge in [0.2, 0.25) is 0 Å². The number of rotatable bonds is 8. The largest absolute Gasteiger partial charge is 0.307 e. The molecular weight excluding hydrogens is 428 g/mol. The second-order valence-electron chi connectivity index (χ2n) is 7.04. The van der Waals surface area contributed by atoms with Crippen molar-refractivity contribution in [2.24, 2.45) is 0 Å². The lowest BCUT2D eigenvalue weighted by Gasteiger charge is -2.41. The van der Waals surface area contributed by atoms with Crippen molar-refractivity contribution in [3.05, 3.63) is 35.9 Å². The van der Waals surface area contributed by atoms with Crippen LogP contribution >= 0.6 is 23.5 Å². The molecule has 0 radical (unpaired) electrons. The summed E-state index contributed by atoms with van der Waals surface area (Å²) in [6.07, 6.45) is 3.86. The highest BCUT2D eigenvalue weighted by atomic mass is 32.2. The Kier molecular flexibility index (Phi) is 7.73. The molecule has 1 saturated heterocycles. The van der Waals surface area contributed by atoms with Crippen molar-refractivity contribution < 1.29 is 13.6 Å². The van der Waals surface area contributed by atoms with Crippen molar-refractivity contribution in [1.82, 2.24) is 20.0 Å². The van der Waals surface area contributed by atoms with Crippen molar-refractivity contribution in [1.29, 1.82) is 0 Å². The van der Waals surface area contributed by atoms with Crippen molar-refractivity contribution in [2.45, 2.75) is 56.6 Å². The van der Waals surface area contributed by atoms with E-state index >= 15 is 0 Å². The topological polar surface area (TPSA) is 63.9 Å². The van der Waals surface area contributed by atoms with Gasteiger partial charge in [-0.2, -0.15) is 15.3 Å². The lowest BCUT2D eigenvalue weighted by molar-refractivity contribution is 0.0959. The summed E-state index contributed by atoms with van der Waals surface area (Å²) in [5.41, 5.74) is -0.409. The zero-order valence-corrected chi connectivity index (χ0v) is 19.1. The number of halogens is 2. The summed E-state index contributed by atoms with van der Waals surface area (Å²) in [6, 6.07) is 1.64. The van der Waals surface area contributed by atoms with Gasteiger partial charge in [0, 0.05) is 6.54 Å². The Bertz CT molecular complexity index is 839. The van der Waals surface area contributed by atoms with E-state index in [1.807, 2.05) is 13.8 Å². The monoisotopic (exact) mass is 455 g/mol. The molecule has 3 heterocycles. The molecule has 0 N–H and O–H groups in total. The first kappa shape index (κ1) is 23.0. The van der Waals surface area contributed by atoms with E-state index in [-0.39, 0.29) is 15.8 Å². The van der Waals surface area contributed by atoms with Gasteiger partial charge in [0.1, 0.15) is 5.69 Å². The van der Waals surface area contributed by atoms with Crippen LogP contribution in [-0.2, 0) is 5.54 Å². The molecular formula is C20H27F2N5OS2. The standard InChI is InChI=1S/C20H27F2N5OS2/c1-4-20(5-2,19-29-10-7-11-30-19)27-16(17(21)22)15(13-25-27)18(28)26(6-3)14-8-9-23-24-12-14/h8-9,12-13,17,19H,4-7,10-11H2,1-3H3. The number of anilines is 1. The average Bonchev–Trinajstić information content (AvgIpc) is 3.23. The minimum absolute atomic E-state index is 0.0549. The van der Waals surface area contributed by atoms with Crippen LogP contribution < -0.4 is 4.90 Å². The molecule has 0 unspecified atom stereocenters. The third-order valence-corrected chi connectivity index (χ3v) is 8.95. The zero-order valence-electron chi connectivity index (χ0n) is 17.4. The molecule has 30 heavy (non-hydrogen) atoms. The van der Waals surface area contributed by atoms with Crippen molar-refractivity contribution in [3.63, 3.8) is 0 Å². The first-order valence-electron chi connectivity index (χ1n) is 10.2. The maximum absolute atomic E-state index is 14.4. The smallest absolute Gasteiger partial charge is 0.280 e. The molecule has 6 nitrogen and oxygen atoms in total. The Balaban J connectivity index is 2.07. The van der Waals surface area contributed by atoms with Gasteiger partial charge < -0.3 is 4.90 Å². The molecule has 1 aliphatic heterocycles. The number of hydrogen-bond donors (Lipinski definition) is 0. The second-order valence-corrected chi connectivity index (χ2v) is 9.77. The number of thioether (sulfide) groups is 2. The van der Waals surface area contributed by atoms with Gasteiger partial charge in [-0.05, 0) is 43.8 Å². The van der Waals surface area contributed by atoms with Crippen LogP contribution in [0, 0.1) is 0 Å². The summed E-state index contributed by atoms with van der Waals surface area (Å²) in [5.74, 6) is 1.52. The number of carbonyl (C=O) groups excluding carboxylic acids is 1. The molecule has 0 aliphatic carbocycles. The fraction of sp³-hybridized carbons (Fsp3) is 0.600. The zero-order chi connectivity index (χ0) is 21.7. The Labute approximate surface area is 184 Å². The lowest BCUT2D eigenvalue weighted by atomic mass is 9.94. The molecule has 0 spiro atoms. The van der Waals surface area contributed by atoms with Crippen LogP contribution in [-0.4, -0.2) is 48.5 Å². The van der Waals surface area contributed by atoms with Gasteiger partial charge in [0.05, 0.1) is 40.0 Å². The Morgan fingerprint density at radius 3 is 2.47 bits per heavy atom. The maximum atomic E-state index is 14.4. The summed E-state index contributed by atoms with van der Waals surface area (Å²) in [6.45, 7) is 6.14. The normalized spacial score (nSPS) is 15.5. The van der Waals surface area contributed by atoms with Crippen LogP contribution in [0.4, 0.5) is 14.5 Å². The molecule has 0 atom stereocenters. The summed E-state index contributed by atoms with van der Waals surface area (Å²) in [7, 11) is 0. The number of alkyl halides is 2. The predicted molar refractivity (Wildman–Crippen MR) is 118 cm³/mol. The van der Waals surface area contributed by atoms with Crippen molar-refractivity contribution in [2.75, 3.05) is 23.0 Å². The van der Waals surface area contributed by atoms with Gasteiger partial charge in [-0.3, -0.25) is 9.48 Å². The quantitative estimate of drug-likeness (QED) is 0.559. The first-order chi connectivity index (χ1) is 14.5. The summed E-state index contributed by atoms with van der Waals surface area (Å²) < 4.78 is 30.3. The molecule has 164 valence electrons. The molecule has 2 aromatic rings.